The first-order valence-corrected chi connectivity index (χ1v) is 14.6. The Balaban J connectivity index is 1.28. The Morgan fingerprint density at radius 2 is 1.50 bits per heavy atom. The number of rotatable bonds is 12. The van der Waals surface area contributed by atoms with Gasteiger partial charge >= 0.3 is 0 Å². The molecule has 4 rings (SSSR count). The molecule has 0 bridgehead atoms. The van der Waals surface area contributed by atoms with Crippen LogP contribution in [0.1, 0.15) is 71.2 Å². The van der Waals surface area contributed by atoms with Crippen LogP contribution in [0.5, 0.6) is 0 Å². The number of fused-ring (bicyclic) bond motifs is 1. The Kier molecular flexibility index (Phi) is 8.93. The molecule has 2 aliphatic rings. The third kappa shape index (κ3) is 6.60. The Hall–Kier alpha value is -2.55. The molecule has 2 aromatic carbocycles. The van der Waals surface area contributed by atoms with Crippen LogP contribution in [0.2, 0.25) is 0 Å². The van der Waals surface area contributed by atoms with E-state index in [2.05, 4.69) is 9.62 Å². The van der Waals surface area contributed by atoms with E-state index in [1.807, 2.05) is 6.92 Å². The molecule has 0 aromatic heterocycles. The van der Waals surface area contributed by atoms with Gasteiger partial charge in [-0.25, -0.2) is 13.1 Å². The Morgan fingerprint density at radius 1 is 0.889 bits per heavy atom. The standard InChI is InChI=1S/C28H37N3O4S/c1-22-13-15-24(16-14-22)36(34,35)29-17-7-18-30(21-23-9-3-2-4-10-23)19-8-20-31-27(32)25-11-5-6-12-26(25)28(31)33/h5-6,11-16,23,29H,2-4,7-10,17-21H2,1H3. The predicted molar refractivity (Wildman–Crippen MR) is 140 cm³/mol. The van der Waals surface area contributed by atoms with Crippen molar-refractivity contribution in [2.75, 3.05) is 32.7 Å². The topological polar surface area (TPSA) is 86.8 Å². The largest absolute Gasteiger partial charge is 0.303 e. The minimum absolute atomic E-state index is 0.208. The van der Waals surface area contributed by atoms with Crippen molar-refractivity contribution in [1.82, 2.24) is 14.5 Å². The van der Waals surface area contributed by atoms with Gasteiger partial charge in [-0.2, -0.15) is 0 Å². The molecule has 1 N–H and O–H groups in total. The van der Waals surface area contributed by atoms with Gasteiger partial charge in [-0.3, -0.25) is 14.5 Å². The first-order valence-electron chi connectivity index (χ1n) is 13.1. The molecular weight excluding hydrogens is 474 g/mol. The van der Waals surface area contributed by atoms with Gasteiger partial charge in [-0.1, -0.05) is 49.1 Å². The van der Waals surface area contributed by atoms with Crippen molar-refractivity contribution in [3.05, 3.63) is 65.2 Å². The van der Waals surface area contributed by atoms with E-state index in [1.54, 1.807) is 48.5 Å². The van der Waals surface area contributed by atoms with E-state index in [9.17, 15) is 18.0 Å². The SMILES string of the molecule is Cc1ccc(S(=O)(=O)NCCCN(CCCN2C(=O)c3ccccc3C2=O)CC2CCCCC2)cc1. The first kappa shape index (κ1) is 26.5. The van der Waals surface area contributed by atoms with Gasteiger partial charge in [-0.15, -0.1) is 0 Å². The first-order chi connectivity index (χ1) is 17.3. The number of hydrogen-bond acceptors (Lipinski definition) is 5. The lowest BCUT2D eigenvalue weighted by Crippen LogP contribution is -2.37. The second-order valence-corrected chi connectivity index (χ2v) is 11.8. The van der Waals surface area contributed by atoms with Crippen molar-refractivity contribution in [3.8, 4) is 0 Å². The highest BCUT2D eigenvalue weighted by molar-refractivity contribution is 7.89. The fourth-order valence-corrected chi connectivity index (χ4v) is 6.31. The summed E-state index contributed by atoms with van der Waals surface area (Å²) in [5.74, 6) is 0.238. The average Bonchev–Trinajstić information content (AvgIpc) is 3.12. The lowest BCUT2D eigenvalue weighted by molar-refractivity contribution is 0.0645. The minimum atomic E-state index is -3.52. The number of amides is 2. The van der Waals surface area contributed by atoms with Crippen molar-refractivity contribution in [2.24, 2.45) is 5.92 Å². The minimum Gasteiger partial charge on any atom is -0.303 e. The third-order valence-corrected chi connectivity index (χ3v) is 8.73. The summed E-state index contributed by atoms with van der Waals surface area (Å²) in [6.45, 7) is 5.22. The zero-order valence-corrected chi connectivity index (χ0v) is 21.9. The molecule has 1 saturated carbocycles. The van der Waals surface area contributed by atoms with E-state index >= 15 is 0 Å². The summed E-state index contributed by atoms with van der Waals surface area (Å²) in [5.41, 5.74) is 2.00. The smallest absolute Gasteiger partial charge is 0.261 e. The van der Waals surface area contributed by atoms with Crippen LogP contribution in [0.4, 0.5) is 0 Å². The molecule has 1 aliphatic heterocycles. The van der Waals surface area contributed by atoms with E-state index in [-0.39, 0.29) is 16.7 Å². The number of nitrogens with zero attached hydrogens (tertiary/aromatic N) is 2. The van der Waals surface area contributed by atoms with Crippen molar-refractivity contribution >= 4 is 21.8 Å². The molecule has 2 amide bonds. The normalized spacial score (nSPS) is 16.7. The fraction of sp³-hybridized carbons (Fsp3) is 0.500. The second-order valence-electron chi connectivity index (χ2n) is 10.0. The zero-order valence-electron chi connectivity index (χ0n) is 21.1. The average molecular weight is 512 g/mol. The van der Waals surface area contributed by atoms with Crippen LogP contribution in [0, 0.1) is 12.8 Å². The summed E-state index contributed by atoms with van der Waals surface area (Å²) in [6.07, 6.45) is 7.70. The zero-order chi connectivity index (χ0) is 25.5. The molecule has 7 nitrogen and oxygen atoms in total. The Bertz CT molecular complexity index is 1120. The van der Waals surface area contributed by atoms with Gasteiger partial charge in [0.1, 0.15) is 0 Å². The lowest BCUT2D eigenvalue weighted by atomic mass is 9.89. The molecule has 0 radical (unpaired) electrons. The number of imide groups is 1. The highest BCUT2D eigenvalue weighted by Gasteiger charge is 2.34. The van der Waals surface area contributed by atoms with Gasteiger partial charge in [0, 0.05) is 19.6 Å². The van der Waals surface area contributed by atoms with Crippen molar-refractivity contribution in [3.63, 3.8) is 0 Å². The molecule has 1 fully saturated rings. The molecule has 194 valence electrons. The number of nitrogens with one attached hydrogen (secondary N) is 1. The van der Waals surface area contributed by atoms with E-state index < -0.39 is 10.0 Å². The molecule has 1 aliphatic carbocycles. The number of sulfonamides is 1. The molecule has 1 heterocycles. The summed E-state index contributed by atoms with van der Waals surface area (Å²) in [4.78, 5) is 29.4. The molecule has 0 saturated heterocycles. The van der Waals surface area contributed by atoms with Gasteiger partial charge in [-0.05, 0) is 75.9 Å². The van der Waals surface area contributed by atoms with Gasteiger partial charge in [0.2, 0.25) is 10.0 Å². The fourth-order valence-electron chi connectivity index (χ4n) is 5.23. The molecular formula is C28H37N3O4S. The van der Waals surface area contributed by atoms with E-state index in [0.717, 1.165) is 25.2 Å². The number of benzene rings is 2. The summed E-state index contributed by atoms with van der Waals surface area (Å²) in [6, 6.07) is 13.9. The quantitative estimate of drug-likeness (QED) is 0.340. The molecule has 0 unspecified atom stereocenters. The van der Waals surface area contributed by atoms with Crippen LogP contribution in [-0.2, 0) is 10.0 Å². The maximum absolute atomic E-state index is 12.7. The van der Waals surface area contributed by atoms with Gasteiger partial charge < -0.3 is 4.90 Å². The summed E-state index contributed by atoms with van der Waals surface area (Å²) in [5, 5.41) is 0. The van der Waals surface area contributed by atoms with Gasteiger partial charge in [0.15, 0.2) is 0 Å². The van der Waals surface area contributed by atoms with E-state index in [1.165, 1.54) is 37.0 Å². The van der Waals surface area contributed by atoms with Crippen LogP contribution in [-0.4, -0.2) is 62.8 Å². The third-order valence-electron chi connectivity index (χ3n) is 7.25. The van der Waals surface area contributed by atoms with Crippen molar-refractivity contribution in [2.45, 2.75) is 56.8 Å². The lowest BCUT2D eigenvalue weighted by Gasteiger charge is -2.30. The number of hydrogen-bond donors (Lipinski definition) is 1. The van der Waals surface area contributed by atoms with Crippen molar-refractivity contribution < 1.29 is 18.0 Å². The van der Waals surface area contributed by atoms with E-state index in [4.69, 9.17) is 0 Å². The maximum atomic E-state index is 12.7. The molecule has 2 aromatic rings. The highest BCUT2D eigenvalue weighted by atomic mass is 32.2. The molecule has 8 heteroatoms. The molecule has 0 atom stereocenters. The second kappa shape index (κ2) is 12.1. The monoisotopic (exact) mass is 511 g/mol. The van der Waals surface area contributed by atoms with E-state index in [0.29, 0.717) is 43.0 Å². The maximum Gasteiger partial charge on any atom is 0.261 e. The van der Waals surface area contributed by atoms with Gasteiger partial charge in [0.05, 0.1) is 16.0 Å². The van der Waals surface area contributed by atoms with Crippen LogP contribution in [0.3, 0.4) is 0 Å². The van der Waals surface area contributed by atoms with Gasteiger partial charge in [0.25, 0.3) is 11.8 Å². The summed E-state index contributed by atoms with van der Waals surface area (Å²) >= 11 is 0. The Morgan fingerprint density at radius 3 is 2.14 bits per heavy atom. The number of carbonyl (C=O) groups excluding carboxylic acids is 2. The van der Waals surface area contributed by atoms with Crippen molar-refractivity contribution in [1.29, 1.82) is 0 Å². The number of carbonyl (C=O) groups is 2. The highest BCUT2D eigenvalue weighted by Crippen LogP contribution is 2.25. The summed E-state index contributed by atoms with van der Waals surface area (Å²) in [7, 11) is -3.52. The summed E-state index contributed by atoms with van der Waals surface area (Å²) < 4.78 is 27.9. The molecule has 36 heavy (non-hydrogen) atoms. The van der Waals surface area contributed by atoms with Crippen LogP contribution in [0.15, 0.2) is 53.4 Å². The van der Waals surface area contributed by atoms with Crippen LogP contribution in [0.25, 0.3) is 0 Å². The van der Waals surface area contributed by atoms with Crippen LogP contribution < -0.4 is 4.72 Å². The van der Waals surface area contributed by atoms with Crippen LogP contribution >= 0.6 is 0 Å². The molecule has 0 spiro atoms. The number of aryl methyl sites for hydroxylation is 1. The predicted octanol–water partition coefficient (Wildman–Crippen LogP) is 4.23. The Labute approximate surface area is 214 Å².